The molecule has 1 fully saturated rings. The fraction of sp³-hybridized carbons (Fsp3) is 0.217. The highest BCUT2D eigenvalue weighted by atomic mass is 35.5. The maximum atomic E-state index is 11.0. The molecule has 0 unspecified atom stereocenters. The normalized spacial score (nSPS) is 14.9. The Balaban J connectivity index is 1.38. The molecule has 0 bridgehead atoms. The molecule has 0 amide bonds. The maximum absolute atomic E-state index is 11.0. The molecule has 0 saturated carbocycles. The number of hydrogen-bond acceptors (Lipinski definition) is 6. The van der Waals surface area contributed by atoms with Crippen molar-refractivity contribution in [3.63, 3.8) is 0 Å². The van der Waals surface area contributed by atoms with Crippen molar-refractivity contribution < 1.29 is 4.79 Å². The van der Waals surface area contributed by atoms with E-state index in [9.17, 15) is 4.79 Å². The first kappa shape index (κ1) is 20.9. The first-order valence-corrected chi connectivity index (χ1v) is 11.0. The third kappa shape index (κ3) is 4.07. The van der Waals surface area contributed by atoms with Crippen molar-refractivity contribution in [3.05, 3.63) is 81.8 Å². The lowest BCUT2D eigenvalue weighted by molar-refractivity contribution is 0.212. The average molecular weight is 467 g/mol. The van der Waals surface area contributed by atoms with Crippen LogP contribution < -0.4 is 4.90 Å². The van der Waals surface area contributed by atoms with Crippen LogP contribution in [0.1, 0.15) is 17.2 Å². The molecule has 7 nitrogen and oxygen atoms in total. The quantitative estimate of drug-likeness (QED) is 0.412. The van der Waals surface area contributed by atoms with E-state index in [4.69, 9.17) is 23.2 Å². The molecule has 3 heterocycles. The number of halogens is 2. The highest BCUT2D eigenvalue weighted by Gasteiger charge is 2.27. The van der Waals surface area contributed by atoms with Gasteiger partial charge >= 0.3 is 0 Å². The number of fused-ring (bicyclic) bond motifs is 1. The molecule has 9 heteroatoms. The summed E-state index contributed by atoms with van der Waals surface area (Å²) in [5.41, 5.74) is 3.45. The summed E-state index contributed by atoms with van der Waals surface area (Å²) in [6.07, 6.45) is 0.628. The number of carbonyl (C=O) groups excluding carboxylic acids is 1. The van der Waals surface area contributed by atoms with Gasteiger partial charge in [-0.05, 0) is 47.5 Å². The van der Waals surface area contributed by atoms with Crippen LogP contribution in [0.15, 0.2) is 60.7 Å². The number of hydrogen-bond donors (Lipinski definition) is 0. The minimum absolute atomic E-state index is 0.106. The monoisotopic (exact) mass is 466 g/mol. The molecule has 0 radical (unpaired) electrons. The highest BCUT2D eigenvalue weighted by Crippen LogP contribution is 2.32. The predicted molar refractivity (Wildman–Crippen MR) is 126 cm³/mol. The summed E-state index contributed by atoms with van der Waals surface area (Å²) < 4.78 is 1.19. The van der Waals surface area contributed by atoms with Gasteiger partial charge < -0.3 is 4.90 Å². The Morgan fingerprint density at radius 3 is 1.97 bits per heavy atom. The third-order valence-electron chi connectivity index (χ3n) is 5.80. The van der Waals surface area contributed by atoms with Gasteiger partial charge in [0, 0.05) is 36.2 Å². The molecule has 2 aromatic carbocycles. The molecule has 0 N–H and O–H groups in total. The van der Waals surface area contributed by atoms with Crippen molar-refractivity contribution in [1.82, 2.24) is 24.9 Å². The zero-order chi connectivity index (χ0) is 22.1. The zero-order valence-corrected chi connectivity index (χ0v) is 18.6. The smallest absolute Gasteiger partial charge is 0.236 e. The number of aromatic nitrogens is 4. The second kappa shape index (κ2) is 8.86. The molecular weight excluding hydrogens is 447 g/mol. The van der Waals surface area contributed by atoms with Crippen LogP contribution in [0.2, 0.25) is 10.0 Å². The van der Waals surface area contributed by atoms with Gasteiger partial charge in [-0.25, -0.2) is 4.98 Å². The van der Waals surface area contributed by atoms with E-state index in [2.05, 4.69) is 49.4 Å². The van der Waals surface area contributed by atoms with Crippen molar-refractivity contribution in [2.45, 2.75) is 6.04 Å². The molecule has 162 valence electrons. The van der Waals surface area contributed by atoms with E-state index in [1.165, 1.54) is 15.8 Å². The Morgan fingerprint density at radius 1 is 0.812 bits per heavy atom. The van der Waals surface area contributed by atoms with Gasteiger partial charge in [-0.3, -0.25) is 9.69 Å². The Labute approximate surface area is 195 Å². The molecule has 0 aliphatic carbocycles. The molecule has 5 rings (SSSR count). The zero-order valence-electron chi connectivity index (χ0n) is 17.1. The van der Waals surface area contributed by atoms with E-state index in [0.717, 1.165) is 42.0 Å². The highest BCUT2D eigenvalue weighted by molar-refractivity contribution is 6.30. The summed E-state index contributed by atoms with van der Waals surface area (Å²) in [5, 5.41) is 9.25. The lowest BCUT2D eigenvalue weighted by Gasteiger charge is -2.40. The Kier molecular flexibility index (Phi) is 5.78. The van der Waals surface area contributed by atoms with Gasteiger partial charge in [0.1, 0.15) is 11.3 Å². The number of carbonyl (C=O) groups is 1. The Bertz CT molecular complexity index is 1190. The number of anilines is 1. The van der Waals surface area contributed by atoms with Gasteiger partial charge in [0.05, 0.1) is 6.04 Å². The van der Waals surface area contributed by atoms with Gasteiger partial charge in [0.25, 0.3) is 0 Å². The lowest BCUT2D eigenvalue weighted by Crippen LogP contribution is -2.48. The predicted octanol–water partition coefficient (Wildman–Crippen LogP) is 4.08. The Morgan fingerprint density at radius 2 is 1.41 bits per heavy atom. The molecule has 0 spiro atoms. The van der Waals surface area contributed by atoms with Gasteiger partial charge in [0.15, 0.2) is 0 Å². The van der Waals surface area contributed by atoms with Crippen LogP contribution in [0, 0.1) is 0 Å². The summed E-state index contributed by atoms with van der Waals surface area (Å²) in [6, 6.07) is 19.9. The fourth-order valence-corrected chi connectivity index (χ4v) is 4.44. The number of rotatable bonds is 5. The van der Waals surface area contributed by atoms with E-state index in [1.807, 2.05) is 36.4 Å². The summed E-state index contributed by atoms with van der Waals surface area (Å²) in [7, 11) is 0. The van der Waals surface area contributed by atoms with Crippen LogP contribution in [-0.2, 0) is 4.79 Å². The van der Waals surface area contributed by atoms with Crippen LogP contribution in [-0.4, -0.2) is 57.5 Å². The van der Waals surface area contributed by atoms with Crippen molar-refractivity contribution in [2.24, 2.45) is 0 Å². The molecular formula is C23H20Cl2N6O. The van der Waals surface area contributed by atoms with Crippen LogP contribution >= 0.6 is 23.2 Å². The fourth-order valence-electron chi connectivity index (χ4n) is 4.19. The van der Waals surface area contributed by atoms with E-state index in [1.54, 1.807) is 0 Å². The molecule has 1 aliphatic heterocycles. The Hall–Kier alpha value is -3.00. The summed E-state index contributed by atoms with van der Waals surface area (Å²) in [4.78, 5) is 20.3. The second-order valence-corrected chi connectivity index (χ2v) is 8.55. The van der Waals surface area contributed by atoms with E-state index in [0.29, 0.717) is 17.6 Å². The number of benzene rings is 2. The average Bonchev–Trinajstić information content (AvgIpc) is 3.24. The topological polar surface area (TPSA) is 67.2 Å². The number of piperazine rings is 1. The van der Waals surface area contributed by atoms with Gasteiger partial charge in [-0.1, -0.05) is 52.7 Å². The van der Waals surface area contributed by atoms with Gasteiger partial charge in [-0.15, -0.1) is 5.10 Å². The molecule has 1 saturated heterocycles. The molecule has 4 aromatic rings. The second-order valence-electron chi connectivity index (χ2n) is 7.68. The van der Waals surface area contributed by atoms with Crippen LogP contribution in [0.25, 0.3) is 11.2 Å². The number of pyridine rings is 1. The van der Waals surface area contributed by atoms with Crippen LogP contribution in [0.5, 0.6) is 0 Å². The van der Waals surface area contributed by atoms with Crippen molar-refractivity contribution in [1.29, 1.82) is 0 Å². The van der Waals surface area contributed by atoms with Crippen molar-refractivity contribution in [3.8, 4) is 0 Å². The molecule has 1 aliphatic rings. The van der Waals surface area contributed by atoms with Crippen molar-refractivity contribution >= 4 is 46.6 Å². The summed E-state index contributed by atoms with van der Waals surface area (Å²) >= 11 is 12.3. The summed E-state index contributed by atoms with van der Waals surface area (Å²) in [6.45, 7) is 3.35. The molecule has 2 aromatic heterocycles. The molecule has 32 heavy (non-hydrogen) atoms. The van der Waals surface area contributed by atoms with E-state index in [-0.39, 0.29) is 6.04 Å². The van der Waals surface area contributed by atoms with Crippen LogP contribution in [0.3, 0.4) is 0 Å². The third-order valence-corrected chi connectivity index (χ3v) is 6.30. The van der Waals surface area contributed by atoms with Crippen LogP contribution in [0.4, 0.5) is 5.82 Å². The summed E-state index contributed by atoms with van der Waals surface area (Å²) in [5.74, 6) is 0.838. The SMILES string of the molecule is O=Cn1nnc2nc(N3CCN(C(c4ccc(Cl)cc4)c4ccc(Cl)cc4)CC3)ccc21. The van der Waals surface area contributed by atoms with E-state index < -0.39 is 0 Å². The first-order chi connectivity index (χ1) is 15.6. The lowest BCUT2D eigenvalue weighted by atomic mass is 9.96. The molecule has 0 atom stereocenters. The largest absolute Gasteiger partial charge is 0.354 e. The standard InChI is InChI=1S/C23H20Cl2N6O/c24-18-5-1-16(2-6-18)22(17-3-7-19(25)8-4-17)30-13-11-29(12-14-30)21-10-9-20-23(26-21)27-28-31(20)15-32/h1-10,15,22H,11-14H2. The minimum atomic E-state index is 0.106. The van der Waals surface area contributed by atoms with E-state index >= 15 is 0 Å². The number of nitrogens with zero attached hydrogens (tertiary/aromatic N) is 6. The van der Waals surface area contributed by atoms with Gasteiger partial charge in [0.2, 0.25) is 12.1 Å². The van der Waals surface area contributed by atoms with Gasteiger partial charge in [-0.2, -0.15) is 4.68 Å². The first-order valence-electron chi connectivity index (χ1n) is 10.3. The van der Waals surface area contributed by atoms with Crippen molar-refractivity contribution in [2.75, 3.05) is 31.1 Å². The minimum Gasteiger partial charge on any atom is -0.354 e. The maximum Gasteiger partial charge on any atom is 0.236 e.